The van der Waals surface area contributed by atoms with E-state index < -0.39 is 48.6 Å². The van der Waals surface area contributed by atoms with E-state index >= 15 is 0 Å². The predicted molar refractivity (Wildman–Crippen MR) is 122 cm³/mol. The number of Topliss-reactive ketones (excluding diaryl/α,β-unsaturated/α-hetero) is 2. The molecule has 0 radical (unpaired) electrons. The van der Waals surface area contributed by atoms with Gasteiger partial charge in [0.2, 0.25) is 0 Å². The van der Waals surface area contributed by atoms with Crippen LogP contribution in [0.25, 0.3) is 0 Å². The molecule has 11 heteroatoms. The first-order chi connectivity index (χ1) is 16.0. The number of non-ortho nitro benzene ring substituents is 2. The second-order valence-electron chi connectivity index (χ2n) is 7.45. The smallest absolute Gasteiger partial charge is 0.270 e. The lowest BCUT2D eigenvalue weighted by atomic mass is 10.0. The number of nitro groups is 2. The van der Waals surface area contributed by atoms with Gasteiger partial charge in [-0.05, 0) is 31.2 Å². The van der Waals surface area contributed by atoms with E-state index in [1.54, 1.807) is 19.1 Å². The molecule has 0 fully saturated rings. The summed E-state index contributed by atoms with van der Waals surface area (Å²) in [5.41, 5.74) is -0.123. The number of ketones is 2. The molecular formula is C23H18N2O8S. The van der Waals surface area contributed by atoms with Gasteiger partial charge in [-0.3, -0.25) is 29.8 Å². The molecule has 1 atom stereocenters. The molecule has 0 aliphatic carbocycles. The molecule has 0 aliphatic heterocycles. The van der Waals surface area contributed by atoms with E-state index in [-0.39, 0.29) is 21.7 Å². The lowest BCUT2D eigenvalue weighted by molar-refractivity contribution is -0.385. The first kappa shape index (κ1) is 24.4. The molecule has 10 nitrogen and oxygen atoms in total. The standard InChI is InChI=1S/C23H18N2O8S/c1-15-5-11-20(12-6-15)34(32,33)22(23(27)17-3-2-4-19(13-17)25(30)31)14-21(26)16-7-9-18(10-8-16)24(28)29/h2-13,22H,14H2,1H3/t22-/m1/s1. The highest BCUT2D eigenvalue weighted by Gasteiger charge is 2.37. The van der Waals surface area contributed by atoms with Gasteiger partial charge in [0.15, 0.2) is 21.4 Å². The molecule has 3 rings (SSSR count). The highest BCUT2D eigenvalue weighted by Crippen LogP contribution is 2.26. The summed E-state index contributed by atoms with van der Waals surface area (Å²) in [4.78, 5) is 46.6. The minimum atomic E-state index is -4.37. The Bertz CT molecular complexity index is 1380. The zero-order valence-corrected chi connectivity index (χ0v) is 18.6. The molecule has 3 aromatic carbocycles. The van der Waals surface area contributed by atoms with Gasteiger partial charge in [0.1, 0.15) is 5.25 Å². The predicted octanol–water partition coefficient (Wildman–Crippen LogP) is 4.11. The SMILES string of the molecule is Cc1ccc(S(=O)(=O)[C@H](CC(=O)c2ccc([N+](=O)[O-])cc2)C(=O)c2cccc([N+](=O)[O-])c2)cc1. The zero-order chi connectivity index (χ0) is 25.0. The van der Waals surface area contributed by atoms with Crippen LogP contribution in [0.4, 0.5) is 11.4 Å². The molecule has 174 valence electrons. The summed E-state index contributed by atoms with van der Waals surface area (Å²) in [6.07, 6.45) is -0.754. The van der Waals surface area contributed by atoms with Crippen LogP contribution in [0.15, 0.2) is 77.7 Å². The van der Waals surface area contributed by atoms with Crippen molar-refractivity contribution in [2.75, 3.05) is 0 Å². The monoisotopic (exact) mass is 482 g/mol. The maximum Gasteiger partial charge on any atom is 0.270 e. The van der Waals surface area contributed by atoms with Crippen molar-refractivity contribution in [3.05, 3.63) is 110 Å². The summed E-state index contributed by atoms with van der Waals surface area (Å²) >= 11 is 0. The lowest BCUT2D eigenvalue weighted by Gasteiger charge is -2.17. The molecule has 0 saturated carbocycles. The number of benzene rings is 3. The van der Waals surface area contributed by atoms with Crippen LogP contribution in [0.3, 0.4) is 0 Å². The van der Waals surface area contributed by atoms with Gasteiger partial charge in [0.05, 0.1) is 14.7 Å². The third-order valence-corrected chi connectivity index (χ3v) is 7.19. The number of nitro benzene ring substituents is 2. The molecule has 0 aliphatic rings. The van der Waals surface area contributed by atoms with E-state index in [1.807, 2.05) is 0 Å². The van der Waals surface area contributed by atoms with Crippen LogP contribution >= 0.6 is 0 Å². The highest BCUT2D eigenvalue weighted by molar-refractivity contribution is 7.92. The molecule has 34 heavy (non-hydrogen) atoms. The second kappa shape index (κ2) is 9.71. The number of carbonyl (C=O) groups is 2. The summed E-state index contributed by atoms with van der Waals surface area (Å²) in [6.45, 7) is 1.75. The number of hydrogen-bond donors (Lipinski definition) is 0. The second-order valence-corrected chi connectivity index (χ2v) is 9.58. The normalized spacial score (nSPS) is 12.0. The number of nitrogens with zero attached hydrogens (tertiary/aromatic N) is 2. The van der Waals surface area contributed by atoms with Crippen molar-refractivity contribution in [2.24, 2.45) is 0 Å². The molecule has 0 N–H and O–H groups in total. The Kier molecular flexibility index (Phi) is 6.97. The molecule has 3 aromatic rings. The van der Waals surface area contributed by atoms with E-state index in [2.05, 4.69) is 0 Å². The van der Waals surface area contributed by atoms with Gasteiger partial charge in [-0.1, -0.05) is 29.8 Å². The van der Waals surface area contributed by atoms with Crippen molar-refractivity contribution in [2.45, 2.75) is 23.5 Å². The zero-order valence-electron chi connectivity index (χ0n) is 17.8. The maximum atomic E-state index is 13.4. The first-order valence-electron chi connectivity index (χ1n) is 9.87. The van der Waals surface area contributed by atoms with Gasteiger partial charge < -0.3 is 0 Å². The van der Waals surface area contributed by atoms with Crippen molar-refractivity contribution >= 4 is 32.8 Å². The van der Waals surface area contributed by atoms with Crippen LogP contribution in [0, 0.1) is 27.2 Å². The van der Waals surface area contributed by atoms with Gasteiger partial charge in [-0.15, -0.1) is 0 Å². The van der Waals surface area contributed by atoms with E-state index in [0.29, 0.717) is 0 Å². The fraction of sp³-hybridized carbons (Fsp3) is 0.130. The Labute approximate surface area is 194 Å². The van der Waals surface area contributed by atoms with Crippen molar-refractivity contribution in [3.63, 3.8) is 0 Å². The van der Waals surface area contributed by atoms with Crippen molar-refractivity contribution in [1.29, 1.82) is 0 Å². The fourth-order valence-corrected chi connectivity index (χ4v) is 4.88. The van der Waals surface area contributed by atoms with Crippen LogP contribution in [-0.4, -0.2) is 35.1 Å². The van der Waals surface area contributed by atoms with Crippen LogP contribution in [-0.2, 0) is 9.84 Å². The van der Waals surface area contributed by atoms with E-state index in [1.165, 1.54) is 36.4 Å². The summed E-state index contributed by atoms with van der Waals surface area (Å²) in [5.74, 6) is -1.70. The van der Waals surface area contributed by atoms with E-state index in [4.69, 9.17) is 0 Å². The van der Waals surface area contributed by atoms with Crippen LogP contribution in [0.2, 0.25) is 0 Å². The van der Waals surface area contributed by atoms with Gasteiger partial charge in [-0.25, -0.2) is 8.42 Å². The Morgan fingerprint density at radius 2 is 1.41 bits per heavy atom. The van der Waals surface area contributed by atoms with Gasteiger partial charge in [0.25, 0.3) is 11.4 Å². The molecule has 0 unspecified atom stereocenters. The average molecular weight is 482 g/mol. The topological polar surface area (TPSA) is 155 Å². The molecule has 0 amide bonds. The summed E-state index contributed by atoms with van der Waals surface area (Å²) in [5, 5.41) is 20.1. The molecule has 0 saturated heterocycles. The molecule has 0 bridgehead atoms. The average Bonchev–Trinajstić information content (AvgIpc) is 2.82. The van der Waals surface area contributed by atoms with Crippen LogP contribution in [0.1, 0.15) is 32.7 Å². The Morgan fingerprint density at radius 1 is 0.824 bits per heavy atom. The minimum absolute atomic E-state index is 0.0125. The summed E-state index contributed by atoms with van der Waals surface area (Å²) in [7, 11) is -4.37. The van der Waals surface area contributed by atoms with Crippen molar-refractivity contribution < 1.29 is 27.9 Å². The minimum Gasteiger partial charge on any atom is -0.294 e. The molecule has 0 spiro atoms. The first-order valence-corrected chi connectivity index (χ1v) is 11.4. The lowest BCUT2D eigenvalue weighted by Crippen LogP contribution is -2.33. The molecule has 0 aromatic heterocycles. The van der Waals surface area contributed by atoms with Crippen molar-refractivity contribution in [1.82, 2.24) is 0 Å². The summed E-state index contributed by atoms with van der Waals surface area (Å²) in [6, 6.07) is 14.9. The number of carbonyl (C=O) groups excluding carboxylic acids is 2. The quantitative estimate of drug-likeness (QED) is 0.251. The van der Waals surface area contributed by atoms with E-state index in [9.17, 15) is 38.2 Å². The van der Waals surface area contributed by atoms with Crippen LogP contribution < -0.4 is 0 Å². The number of sulfone groups is 1. The highest BCUT2D eigenvalue weighted by atomic mass is 32.2. The van der Waals surface area contributed by atoms with Gasteiger partial charge in [0, 0.05) is 41.8 Å². The summed E-state index contributed by atoms with van der Waals surface area (Å²) < 4.78 is 26.8. The number of rotatable bonds is 9. The van der Waals surface area contributed by atoms with Crippen LogP contribution in [0.5, 0.6) is 0 Å². The van der Waals surface area contributed by atoms with Crippen molar-refractivity contribution in [3.8, 4) is 0 Å². The Hall–Kier alpha value is -4.25. The number of hydrogen-bond acceptors (Lipinski definition) is 8. The fourth-order valence-electron chi connectivity index (χ4n) is 3.25. The molecular weight excluding hydrogens is 464 g/mol. The van der Waals surface area contributed by atoms with E-state index in [0.717, 1.165) is 29.8 Å². The Morgan fingerprint density at radius 3 is 1.97 bits per heavy atom. The number of aryl methyl sites for hydroxylation is 1. The Balaban J connectivity index is 2.04. The van der Waals surface area contributed by atoms with Gasteiger partial charge >= 0.3 is 0 Å². The maximum absolute atomic E-state index is 13.4. The third kappa shape index (κ3) is 5.21. The largest absolute Gasteiger partial charge is 0.294 e. The molecule has 0 heterocycles. The van der Waals surface area contributed by atoms with Gasteiger partial charge in [-0.2, -0.15) is 0 Å². The third-order valence-electron chi connectivity index (χ3n) is 5.13.